The summed E-state index contributed by atoms with van der Waals surface area (Å²) in [6.07, 6.45) is 0. The number of rotatable bonds is 3. The summed E-state index contributed by atoms with van der Waals surface area (Å²) in [4.78, 5) is 4.36. The van der Waals surface area contributed by atoms with Crippen LogP contribution in [-0.4, -0.2) is 44.7 Å². The second-order valence-corrected chi connectivity index (χ2v) is 4.39. The minimum absolute atomic E-state index is 0.0430. The Labute approximate surface area is 105 Å². The van der Waals surface area contributed by atoms with Gasteiger partial charge in [0.15, 0.2) is 5.75 Å². The van der Waals surface area contributed by atoms with Crippen LogP contribution in [0.5, 0.6) is 5.75 Å². The van der Waals surface area contributed by atoms with Crippen molar-refractivity contribution in [1.29, 1.82) is 0 Å². The van der Waals surface area contributed by atoms with Crippen molar-refractivity contribution >= 4 is 11.4 Å². The molecule has 1 aromatic rings. The molecule has 0 spiro atoms. The molecule has 0 bridgehead atoms. The van der Waals surface area contributed by atoms with Gasteiger partial charge < -0.3 is 20.3 Å². The zero-order chi connectivity index (χ0) is 13.1. The molecule has 6 heteroatoms. The van der Waals surface area contributed by atoms with E-state index < -0.39 is 6.61 Å². The molecule has 0 radical (unpaired) electrons. The average Bonchev–Trinajstić information content (AvgIpc) is 2.32. The number of anilines is 2. The molecular formula is C12H17F2N3O. The van der Waals surface area contributed by atoms with E-state index in [4.69, 9.17) is 5.73 Å². The molecule has 1 aliphatic heterocycles. The van der Waals surface area contributed by atoms with E-state index in [2.05, 4.69) is 21.6 Å². The quantitative estimate of drug-likeness (QED) is 0.836. The second kappa shape index (κ2) is 5.39. The van der Waals surface area contributed by atoms with Crippen molar-refractivity contribution in [3.05, 3.63) is 18.2 Å². The normalized spacial score (nSPS) is 17.2. The monoisotopic (exact) mass is 257 g/mol. The molecule has 100 valence electrons. The zero-order valence-electron chi connectivity index (χ0n) is 10.3. The third kappa shape index (κ3) is 3.01. The Balaban J connectivity index is 2.13. The number of nitrogens with two attached hydrogens (primary N) is 1. The summed E-state index contributed by atoms with van der Waals surface area (Å²) in [6.45, 7) is 0.795. The van der Waals surface area contributed by atoms with Gasteiger partial charge in [-0.3, -0.25) is 0 Å². The summed E-state index contributed by atoms with van der Waals surface area (Å²) in [7, 11) is 2.06. The third-order valence-electron chi connectivity index (χ3n) is 3.08. The number of ether oxygens (including phenoxy) is 1. The molecule has 1 aliphatic rings. The second-order valence-electron chi connectivity index (χ2n) is 4.39. The number of benzene rings is 1. The highest BCUT2D eigenvalue weighted by molar-refractivity contribution is 5.62. The van der Waals surface area contributed by atoms with Gasteiger partial charge in [-0.05, 0) is 19.2 Å². The van der Waals surface area contributed by atoms with Crippen LogP contribution in [-0.2, 0) is 0 Å². The Morgan fingerprint density at radius 2 is 1.89 bits per heavy atom. The number of piperazine rings is 1. The van der Waals surface area contributed by atoms with Crippen LogP contribution in [0.2, 0.25) is 0 Å². The molecule has 0 amide bonds. The van der Waals surface area contributed by atoms with E-state index >= 15 is 0 Å². The minimum Gasteiger partial charge on any atom is -0.433 e. The fourth-order valence-corrected chi connectivity index (χ4v) is 1.98. The summed E-state index contributed by atoms with van der Waals surface area (Å²) in [5.74, 6) is 0.0430. The fourth-order valence-electron chi connectivity index (χ4n) is 1.98. The van der Waals surface area contributed by atoms with Gasteiger partial charge in [-0.15, -0.1) is 0 Å². The number of hydrogen-bond donors (Lipinski definition) is 1. The first-order valence-electron chi connectivity index (χ1n) is 5.84. The van der Waals surface area contributed by atoms with Crippen molar-refractivity contribution in [2.45, 2.75) is 6.61 Å². The van der Waals surface area contributed by atoms with E-state index in [0.717, 1.165) is 31.9 Å². The molecule has 18 heavy (non-hydrogen) atoms. The topological polar surface area (TPSA) is 41.7 Å². The molecule has 0 atom stereocenters. The number of hydrogen-bond acceptors (Lipinski definition) is 4. The van der Waals surface area contributed by atoms with Crippen molar-refractivity contribution < 1.29 is 13.5 Å². The van der Waals surface area contributed by atoms with Crippen LogP contribution < -0.4 is 15.4 Å². The highest BCUT2D eigenvalue weighted by Gasteiger charge is 2.16. The van der Waals surface area contributed by atoms with Crippen LogP contribution in [0.15, 0.2) is 18.2 Å². The predicted octanol–water partition coefficient (Wildman–Crippen LogP) is 1.62. The first-order chi connectivity index (χ1) is 8.56. The van der Waals surface area contributed by atoms with Crippen molar-refractivity contribution in [1.82, 2.24) is 4.90 Å². The van der Waals surface area contributed by atoms with E-state index in [-0.39, 0.29) is 11.4 Å². The molecular weight excluding hydrogens is 240 g/mol. The van der Waals surface area contributed by atoms with Crippen LogP contribution in [0.3, 0.4) is 0 Å². The summed E-state index contributed by atoms with van der Waals surface area (Å²) < 4.78 is 28.9. The van der Waals surface area contributed by atoms with Crippen LogP contribution in [0.25, 0.3) is 0 Å². The van der Waals surface area contributed by atoms with Gasteiger partial charge in [0.25, 0.3) is 0 Å². The lowest BCUT2D eigenvalue weighted by atomic mass is 10.2. The van der Waals surface area contributed by atoms with E-state index in [0.29, 0.717) is 0 Å². The summed E-state index contributed by atoms with van der Waals surface area (Å²) >= 11 is 0. The predicted molar refractivity (Wildman–Crippen MR) is 67.2 cm³/mol. The Kier molecular flexibility index (Phi) is 3.86. The SMILES string of the molecule is CN1CCN(c2ccc(N)c(OC(F)F)c2)CC1. The van der Waals surface area contributed by atoms with Gasteiger partial charge >= 0.3 is 6.61 Å². The van der Waals surface area contributed by atoms with Crippen LogP contribution in [0, 0.1) is 0 Å². The number of likely N-dealkylation sites (N-methyl/N-ethyl adjacent to an activating group) is 1. The molecule has 2 rings (SSSR count). The van der Waals surface area contributed by atoms with Crippen molar-refractivity contribution in [2.24, 2.45) is 0 Å². The molecule has 1 aromatic carbocycles. The van der Waals surface area contributed by atoms with Crippen molar-refractivity contribution in [3.63, 3.8) is 0 Å². The molecule has 1 heterocycles. The Hall–Kier alpha value is -1.56. The summed E-state index contributed by atoms with van der Waals surface area (Å²) in [6, 6.07) is 5.01. The Morgan fingerprint density at radius 3 is 2.50 bits per heavy atom. The number of alkyl halides is 2. The van der Waals surface area contributed by atoms with Gasteiger partial charge in [0, 0.05) is 37.9 Å². The zero-order valence-corrected chi connectivity index (χ0v) is 10.3. The minimum atomic E-state index is -2.85. The van der Waals surface area contributed by atoms with Crippen molar-refractivity contribution in [3.8, 4) is 5.75 Å². The van der Waals surface area contributed by atoms with Gasteiger partial charge in [-0.1, -0.05) is 0 Å². The lowest BCUT2D eigenvalue weighted by Crippen LogP contribution is -2.44. The fraction of sp³-hybridized carbons (Fsp3) is 0.500. The lowest BCUT2D eigenvalue weighted by molar-refractivity contribution is -0.0493. The van der Waals surface area contributed by atoms with Gasteiger partial charge in [-0.2, -0.15) is 8.78 Å². The molecule has 0 aromatic heterocycles. The van der Waals surface area contributed by atoms with E-state index in [1.165, 1.54) is 0 Å². The molecule has 1 fully saturated rings. The van der Waals surface area contributed by atoms with Gasteiger partial charge in [0.05, 0.1) is 5.69 Å². The summed E-state index contributed by atoms with van der Waals surface area (Å²) in [5.41, 5.74) is 6.70. The van der Waals surface area contributed by atoms with Crippen LogP contribution >= 0.6 is 0 Å². The highest BCUT2D eigenvalue weighted by Crippen LogP contribution is 2.29. The molecule has 0 saturated carbocycles. The van der Waals surface area contributed by atoms with Crippen LogP contribution in [0.4, 0.5) is 20.2 Å². The maximum atomic E-state index is 12.2. The average molecular weight is 257 g/mol. The first-order valence-corrected chi connectivity index (χ1v) is 5.84. The molecule has 0 unspecified atom stereocenters. The van der Waals surface area contributed by atoms with E-state index in [9.17, 15) is 8.78 Å². The first kappa shape index (κ1) is 12.9. The van der Waals surface area contributed by atoms with Crippen LogP contribution in [0.1, 0.15) is 0 Å². The number of nitrogens with zero attached hydrogens (tertiary/aromatic N) is 2. The van der Waals surface area contributed by atoms with Crippen molar-refractivity contribution in [2.75, 3.05) is 43.9 Å². The largest absolute Gasteiger partial charge is 0.433 e. The standard InChI is InChI=1S/C12H17F2N3O/c1-16-4-6-17(7-5-16)9-2-3-10(15)11(8-9)18-12(13)14/h2-3,8,12H,4-7,15H2,1H3. The smallest absolute Gasteiger partial charge is 0.387 e. The highest BCUT2D eigenvalue weighted by atomic mass is 19.3. The Bertz CT molecular complexity index is 406. The van der Waals surface area contributed by atoms with Gasteiger partial charge in [0.1, 0.15) is 0 Å². The van der Waals surface area contributed by atoms with Gasteiger partial charge in [-0.25, -0.2) is 0 Å². The maximum Gasteiger partial charge on any atom is 0.387 e. The number of halogens is 2. The van der Waals surface area contributed by atoms with Gasteiger partial charge in [0.2, 0.25) is 0 Å². The molecule has 0 aliphatic carbocycles. The lowest BCUT2D eigenvalue weighted by Gasteiger charge is -2.34. The summed E-state index contributed by atoms with van der Waals surface area (Å²) in [5, 5.41) is 0. The number of nitrogen functional groups attached to an aromatic ring is 1. The molecule has 1 saturated heterocycles. The molecule has 2 N–H and O–H groups in total. The van der Waals surface area contributed by atoms with E-state index in [1.54, 1.807) is 12.1 Å². The van der Waals surface area contributed by atoms with E-state index in [1.807, 2.05) is 6.07 Å². The third-order valence-corrected chi connectivity index (χ3v) is 3.08. The Morgan fingerprint density at radius 1 is 1.22 bits per heavy atom. The maximum absolute atomic E-state index is 12.2. The molecule has 4 nitrogen and oxygen atoms in total.